The second-order valence-electron chi connectivity index (χ2n) is 13.3. The fourth-order valence-corrected chi connectivity index (χ4v) is 6.30. The van der Waals surface area contributed by atoms with E-state index in [1.165, 1.54) is 83.5 Å². The number of carbonyl (C=O) groups excluding carboxylic acids is 4. The Labute approximate surface area is 305 Å². The van der Waals surface area contributed by atoms with E-state index in [9.17, 15) is 19.2 Å². The Balaban J connectivity index is 1.05. The highest BCUT2D eigenvalue weighted by atomic mass is 16.6. The number of ether oxygens (including phenoxy) is 5. The minimum absolute atomic E-state index is 0.0772. The number of nitrogens with one attached hydrogen (secondary N) is 2. The smallest absolute Gasteiger partial charge is 0.264 e. The van der Waals surface area contributed by atoms with Gasteiger partial charge >= 0.3 is 0 Å². The molecule has 4 amide bonds. The molecule has 0 aromatic heterocycles. The first-order valence-electron chi connectivity index (χ1n) is 19.5. The molecule has 1 atom stereocenters. The van der Waals surface area contributed by atoms with Crippen molar-refractivity contribution in [3.63, 3.8) is 0 Å². The number of anilines is 1. The van der Waals surface area contributed by atoms with Crippen LogP contribution in [0.4, 0.5) is 5.69 Å². The number of hydrogen-bond donors (Lipinski definition) is 2. The maximum atomic E-state index is 13.2. The van der Waals surface area contributed by atoms with Gasteiger partial charge in [-0.05, 0) is 25.0 Å². The van der Waals surface area contributed by atoms with Crippen LogP contribution in [0.1, 0.15) is 130 Å². The van der Waals surface area contributed by atoms with Crippen LogP contribution in [0.5, 0.6) is 0 Å². The zero-order valence-corrected chi connectivity index (χ0v) is 31.0. The molecule has 0 spiro atoms. The third-order valence-electron chi connectivity index (χ3n) is 9.16. The van der Waals surface area contributed by atoms with E-state index in [0.717, 1.165) is 17.9 Å². The van der Waals surface area contributed by atoms with Crippen LogP contribution in [0, 0.1) is 0 Å². The van der Waals surface area contributed by atoms with E-state index in [2.05, 4.69) is 17.6 Å². The maximum Gasteiger partial charge on any atom is 0.264 e. The number of rotatable bonds is 32. The highest BCUT2D eigenvalue weighted by Crippen LogP contribution is 2.32. The van der Waals surface area contributed by atoms with E-state index in [1.807, 2.05) is 0 Å². The molecule has 51 heavy (non-hydrogen) atoms. The Morgan fingerprint density at radius 2 is 1.12 bits per heavy atom. The first-order valence-corrected chi connectivity index (χ1v) is 19.5. The summed E-state index contributed by atoms with van der Waals surface area (Å²) >= 11 is 0. The summed E-state index contributed by atoms with van der Waals surface area (Å²) in [5.74, 6) is -2.12. The van der Waals surface area contributed by atoms with Gasteiger partial charge in [-0.15, -0.1) is 0 Å². The van der Waals surface area contributed by atoms with Crippen LogP contribution in [-0.4, -0.2) is 107 Å². The molecule has 1 fully saturated rings. The molecule has 0 aliphatic carbocycles. The van der Waals surface area contributed by atoms with E-state index >= 15 is 0 Å². The van der Waals surface area contributed by atoms with Crippen LogP contribution in [0.3, 0.4) is 0 Å². The summed E-state index contributed by atoms with van der Waals surface area (Å²) in [5.41, 5.74) is 0.955. The molecule has 2 N–H and O–H groups in total. The summed E-state index contributed by atoms with van der Waals surface area (Å²) in [4.78, 5) is 50.9. The van der Waals surface area contributed by atoms with Gasteiger partial charge in [0.15, 0.2) is 0 Å². The fraction of sp³-hybridized carbons (Fsp3) is 0.744. The summed E-state index contributed by atoms with van der Waals surface area (Å²) in [5, 5.41) is 5.36. The normalized spacial score (nSPS) is 15.9. The van der Waals surface area contributed by atoms with Crippen LogP contribution in [0.2, 0.25) is 0 Å². The lowest BCUT2D eigenvalue weighted by Gasteiger charge is -2.27. The third kappa shape index (κ3) is 16.5. The van der Waals surface area contributed by atoms with Crippen molar-refractivity contribution in [3.8, 4) is 0 Å². The van der Waals surface area contributed by atoms with Gasteiger partial charge in [0.1, 0.15) is 6.04 Å². The van der Waals surface area contributed by atoms with Gasteiger partial charge < -0.3 is 29.0 Å². The predicted octanol–water partition coefficient (Wildman–Crippen LogP) is 6.06. The molecular formula is C39H63N3O9. The van der Waals surface area contributed by atoms with E-state index in [-0.39, 0.29) is 24.0 Å². The zero-order valence-electron chi connectivity index (χ0n) is 31.0. The summed E-state index contributed by atoms with van der Waals surface area (Å²) < 4.78 is 27.9. The molecule has 12 heteroatoms. The average Bonchev–Trinajstić information content (AvgIpc) is 3.38. The number of nitrogens with zero attached hydrogens (tertiary/aromatic N) is 1. The minimum Gasteiger partial charge on any atom is -0.382 e. The van der Waals surface area contributed by atoms with Crippen molar-refractivity contribution in [3.05, 3.63) is 29.3 Å². The summed E-state index contributed by atoms with van der Waals surface area (Å²) in [6.07, 6.45) is 19.2. The van der Waals surface area contributed by atoms with Gasteiger partial charge in [-0.3, -0.25) is 29.4 Å². The Morgan fingerprint density at radius 1 is 0.627 bits per heavy atom. The average molecular weight is 718 g/mol. The molecule has 2 heterocycles. The molecule has 1 aromatic carbocycles. The molecule has 1 unspecified atom stereocenters. The molecule has 0 bridgehead atoms. The SMILES string of the molecule is CCCCCCCCCCCCCCCCOCCOCCOCCOCCOCCNc1cccc2c1C(=O)N(C1CCC(=O)NC1=O)C2=O. The Hall–Kier alpha value is -2.90. The second-order valence-corrected chi connectivity index (χ2v) is 13.3. The lowest BCUT2D eigenvalue weighted by atomic mass is 10.0. The van der Waals surface area contributed by atoms with Gasteiger partial charge in [-0.1, -0.05) is 96.5 Å². The number of benzene rings is 1. The van der Waals surface area contributed by atoms with Gasteiger partial charge in [0.05, 0.1) is 70.6 Å². The van der Waals surface area contributed by atoms with Crippen LogP contribution in [0.15, 0.2) is 18.2 Å². The summed E-state index contributed by atoms with van der Waals surface area (Å²) in [6.45, 7) is 7.83. The zero-order chi connectivity index (χ0) is 36.4. The molecule has 288 valence electrons. The molecule has 0 radical (unpaired) electrons. The molecule has 1 aromatic rings. The van der Waals surface area contributed by atoms with E-state index in [1.54, 1.807) is 18.2 Å². The molecule has 12 nitrogen and oxygen atoms in total. The van der Waals surface area contributed by atoms with Gasteiger partial charge in [-0.2, -0.15) is 0 Å². The van der Waals surface area contributed by atoms with Crippen molar-refractivity contribution in [1.82, 2.24) is 10.2 Å². The number of amides is 4. The third-order valence-corrected chi connectivity index (χ3v) is 9.16. The molecule has 2 aliphatic rings. The number of carbonyl (C=O) groups is 4. The maximum absolute atomic E-state index is 13.2. The van der Waals surface area contributed by atoms with Crippen molar-refractivity contribution < 1.29 is 42.9 Å². The van der Waals surface area contributed by atoms with E-state index < -0.39 is 29.7 Å². The van der Waals surface area contributed by atoms with Gasteiger partial charge in [0, 0.05) is 25.3 Å². The Kier molecular flexibility index (Phi) is 22.4. The molecule has 1 saturated heterocycles. The Bertz CT molecular complexity index is 1160. The molecule has 0 saturated carbocycles. The predicted molar refractivity (Wildman–Crippen MR) is 196 cm³/mol. The largest absolute Gasteiger partial charge is 0.382 e. The fourth-order valence-electron chi connectivity index (χ4n) is 6.30. The quantitative estimate of drug-likeness (QED) is 0.0667. The monoisotopic (exact) mass is 717 g/mol. The molecule has 3 rings (SSSR count). The van der Waals surface area contributed by atoms with Crippen molar-refractivity contribution in [2.45, 2.75) is 116 Å². The second kappa shape index (κ2) is 26.8. The number of fused-ring (bicyclic) bond motifs is 1. The van der Waals surface area contributed by atoms with Crippen molar-refractivity contribution in [2.24, 2.45) is 0 Å². The number of piperidine rings is 1. The van der Waals surface area contributed by atoms with E-state index in [0.29, 0.717) is 71.7 Å². The molecular weight excluding hydrogens is 654 g/mol. The summed E-state index contributed by atoms with van der Waals surface area (Å²) in [6, 6.07) is 3.96. The van der Waals surface area contributed by atoms with Crippen molar-refractivity contribution in [1.29, 1.82) is 0 Å². The van der Waals surface area contributed by atoms with Crippen LogP contribution >= 0.6 is 0 Å². The first kappa shape index (κ1) is 42.5. The van der Waals surface area contributed by atoms with Crippen molar-refractivity contribution >= 4 is 29.3 Å². The number of imide groups is 2. The topological polar surface area (TPSA) is 142 Å². The standard InChI is InChI=1S/C39H63N3O9/c1-2-3-4-5-6-7-8-9-10-11-12-13-14-15-22-47-24-26-49-28-30-51-31-29-50-27-25-48-23-21-40-33-18-16-17-32-36(33)39(46)42(38(32)45)34-19-20-35(43)41-37(34)44/h16-18,34,40H,2-15,19-31H2,1H3,(H,41,43,44). The van der Waals surface area contributed by atoms with Crippen LogP contribution < -0.4 is 10.6 Å². The van der Waals surface area contributed by atoms with Gasteiger partial charge in [0.2, 0.25) is 11.8 Å². The highest BCUT2D eigenvalue weighted by molar-refractivity contribution is 6.25. The van der Waals surface area contributed by atoms with Crippen LogP contribution in [-0.2, 0) is 33.3 Å². The Morgan fingerprint density at radius 3 is 1.65 bits per heavy atom. The lowest BCUT2D eigenvalue weighted by Crippen LogP contribution is -2.54. The first-order chi connectivity index (χ1) is 25.0. The van der Waals surface area contributed by atoms with Gasteiger partial charge in [0.25, 0.3) is 11.8 Å². The lowest BCUT2D eigenvalue weighted by molar-refractivity contribution is -0.136. The van der Waals surface area contributed by atoms with Crippen LogP contribution in [0.25, 0.3) is 0 Å². The number of hydrogen-bond acceptors (Lipinski definition) is 10. The minimum atomic E-state index is -0.997. The van der Waals surface area contributed by atoms with E-state index in [4.69, 9.17) is 23.7 Å². The highest BCUT2D eigenvalue weighted by Gasteiger charge is 2.45. The summed E-state index contributed by atoms with van der Waals surface area (Å²) in [7, 11) is 0. The number of unbranched alkanes of at least 4 members (excludes halogenated alkanes) is 13. The van der Waals surface area contributed by atoms with Crippen molar-refractivity contribution in [2.75, 3.05) is 77.9 Å². The van der Waals surface area contributed by atoms with Gasteiger partial charge in [-0.25, -0.2) is 0 Å². The molecule has 2 aliphatic heterocycles.